The SMILES string of the molecule is Cc1cc(C#N)ccc1CNc1c(C)cccc1F. The molecule has 0 radical (unpaired) electrons. The molecule has 0 aliphatic carbocycles. The van der Waals surface area contributed by atoms with Gasteiger partial charge in [-0.05, 0) is 48.7 Å². The van der Waals surface area contributed by atoms with Crippen LogP contribution in [0.15, 0.2) is 36.4 Å². The van der Waals surface area contributed by atoms with Gasteiger partial charge in [0, 0.05) is 6.54 Å². The Labute approximate surface area is 112 Å². The zero-order valence-corrected chi connectivity index (χ0v) is 11.0. The molecule has 0 atom stereocenters. The molecule has 0 heterocycles. The summed E-state index contributed by atoms with van der Waals surface area (Å²) in [5, 5.41) is 11.9. The fraction of sp³-hybridized carbons (Fsp3) is 0.188. The summed E-state index contributed by atoms with van der Waals surface area (Å²) >= 11 is 0. The molecule has 0 saturated carbocycles. The Balaban J connectivity index is 2.17. The summed E-state index contributed by atoms with van der Waals surface area (Å²) < 4.78 is 13.7. The van der Waals surface area contributed by atoms with Crippen LogP contribution in [0.1, 0.15) is 22.3 Å². The van der Waals surface area contributed by atoms with Crippen molar-refractivity contribution in [2.45, 2.75) is 20.4 Å². The second kappa shape index (κ2) is 5.53. The average molecular weight is 254 g/mol. The van der Waals surface area contributed by atoms with E-state index in [-0.39, 0.29) is 5.82 Å². The third-order valence-electron chi connectivity index (χ3n) is 3.15. The predicted molar refractivity (Wildman–Crippen MR) is 74.4 cm³/mol. The molecule has 0 aliphatic heterocycles. The molecular weight excluding hydrogens is 239 g/mol. The maximum absolute atomic E-state index is 13.7. The van der Waals surface area contributed by atoms with Crippen LogP contribution in [0.5, 0.6) is 0 Å². The van der Waals surface area contributed by atoms with E-state index < -0.39 is 0 Å². The van der Waals surface area contributed by atoms with Gasteiger partial charge < -0.3 is 5.32 Å². The van der Waals surface area contributed by atoms with Gasteiger partial charge in [-0.2, -0.15) is 5.26 Å². The van der Waals surface area contributed by atoms with Crippen LogP contribution in [-0.4, -0.2) is 0 Å². The lowest BCUT2D eigenvalue weighted by molar-refractivity contribution is 0.629. The third kappa shape index (κ3) is 2.92. The van der Waals surface area contributed by atoms with Gasteiger partial charge in [0.05, 0.1) is 17.3 Å². The standard InChI is InChI=1S/C16H15FN2/c1-11-4-3-5-15(17)16(11)19-10-14-7-6-13(9-18)8-12(14)2/h3-8,19H,10H2,1-2H3. The van der Waals surface area contributed by atoms with Gasteiger partial charge in [-0.25, -0.2) is 4.39 Å². The lowest BCUT2D eigenvalue weighted by Gasteiger charge is -2.12. The topological polar surface area (TPSA) is 35.8 Å². The molecule has 2 aromatic rings. The minimum absolute atomic E-state index is 0.244. The second-order valence-corrected chi connectivity index (χ2v) is 4.54. The van der Waals surface area contributed by atoms with Crippen LogP contribution in [0.3, 0.4) is 0 Å². The van der Waals surface area contributed by atoms with Crippen molar-refractivity contribution in [3.05, 3.63) is 64.5 Å². The van der Waals surface area contributed by atoms with E-state index in [2.05, 4.69) is 11.4 Å². The van der Waals surface area contributed by atoms with E-state index in [1.165, 1.54) is 6.07 Å². The highest BCUT2D eigenvalue weighted by atomic mass is 19.1. The number of hydrogen-bond acceptors (Lipinski definition) is 2. The summed E-state index contributed by atoms with van der Waals surface area (Å²) in [4.78, 5) is 0. The zero-order chi connectivity index (χ0) is 13.8. The maximum Gasteiger partial charge on any atom is 0.146 e. The number of nitriles is 1. The van der Waals surface area contributed by atoms with Crippen molar-refractivity contribution in [2.75, 3.05) is 5.32 Å². The maximum atomic E-state index is 13.7. The first-order valence-electron chi connectivity index (χ1n) is 6.10. The van der Waals surface area contributed by atoms with Gasteiger partial charge in [-0.15, -0.1) is 0 Å². The first kappa shape index (κ1) is 13.1. The lowest BCUT2D eigenvalue weighted by Crippen LogP contribution is -2.04. The minimum Gasteiger partial charge on any atom is -0.378 e. The molecule has 0 spiro atoms. The number of anilines is 1. The monoisotopic (exact) mass is 254 g/mol. The van der Waals surface area contributed by atoms with Crippen molar-refractivity contribution in [3.63, 3.8) is 0 Å². The van der Waals surface area contributed by atoms with Gasteiger partial charge in [0.25, 0.3) is 0 Å². The molecule has 0 fully saturated rings. The van der Waals surface area contributed by atoms with Gasteiger partial charge in [0.15, 0.2) is 0 Å². The van der Waals surface area contributed by atoms with E-state index in [0.29, 0.717) is 17.8 Å². The van der Waals surface area contributed by atoms with Gasteiger partial charge >= 0.3 is 0 Å². The van der Waals surface area contributed by atoms with Crippen molar-refractivity contribution in [1.82, 2.24) is 0 Å². The summed E-state index contributed by atoms with van der Waals surface area (Å²) in [7, 11) is 0. The van der Waals surface area contributed by atoms with E-state index in [1.54, 1.807) is 12.1 Å². The Morgan fingerprint density at radius 3 is 2.58 bits per heavy atom. The van der Waals surface area contributed by atoms with Crippen molar-refractivity contribution in [2.24, 2.45) is 0 Å². The molecule has 0 aliphatic rings. The molecule has 0 bridgehead atoms. The highest BCUT2D eigenvalue weighted by molar-refractivity contribution is 5.52. The number of aryl methyl sites for hydroxylation is 2. The van der Waals surface area contributed by atoms with Crippen LogP contribution in [0.25, 0.3) is 0 Å². The Hall–Kier alpha value is -2.34. The highest BCUT2D eigenvalue weighted by Gasteiger charge is 2.06. The fourth-order valence-corrected chi connectivity index (χ4v) is 2.00. The summed E-state index contributed by atoms with van der Waals surface area (Å²) in [6.45, 7) is 4.36. The van der Waals surface area contributed by atoms with Crippen molar-refractivity contribution >= 4 is 5.69 Å². The molecule has 0 unspecified atom stereocenters. The molecule has 0 aromatic heterocycles. The van der Waals surface area contributed by atoms with Crippen molar-refractivity contribution in [3.8, 4) is 6.07 Å². The van der Waals surface area contributed by atoms with Crippen LogP contribution >= 0.6 is 0 Å². The van der Waals surface area contributed by atoms with Crippen LogP contribution in [0, 0.1) is 31.0 Å². The molecular formula is C16H15FN2. The number of nitrogens with one attached hydrogen (secondary N) is 1. The fourth-order valence-electron chi connectivity index (χ4n) is 2.00. The minimum atomic E-state index is -0.244. The Bertz CT molecular complexity index is 621. The molecule has 1 N–H and O–H groups in total. The summed E-state index contributed by atoms with van der Waals surface area (Å²) in [5.74, 6) is -0.244. The van der Waals surface area contributed by atoms with Crippen molar-refractivity contribution in [1.29, 1.82) is 5.26 Å². The van der Waals surface area contributed by atoms with Gasteiger partial charge in [0.1, 0.15) is 5.82 Å². The second-order valence-electron chi connectivity index (χ2n) is 4.54. The molecule has 2 nitrogen and oxygen atoms in total. The predicted octanol–water partition coefficient (Wildman–Crippen LogP) is 3.93. The number of hydrogen-bond donors (Lipinski definition) is 1. The average Bonchev–Trinajstić information content (AvgIpc) is 2.39. The first-order valence-corrected chi connectivity index (χ1v) is 6.10. The first-order chi connectivity index (χ1) is 9.11. The summed E-state index contributed by atoms with van der Waals surface area (Å²) in [5.41, 5.74) is 4.14. The van der Waals surface area contributed by atoms with E-state index in [9.17, 15) is 4.39 Å². The molecule has 0 amide bonds. The molecule has 96 valence electrons. The van der Waals surface area contributed by atoms with Crippen LogP contribution in [0.2, 0.25) is 0 Å². The zero-order valence-electron chi connectivity index (χ0n) is 11.0. The molecule has 19 heavy (non-hydrogen) atoms. The Morgan fingerprint density at radius 2 is 1.95 bits per heavy atom. The van der Waals surface area contributed by atoms with Crippen LogP contribution in [0.4, 0.5) is 10.1 Å². The van der Waals surface area contributed by atoms with E-state index >= 15 is 0 Å². The van der Waals surface area contributed by atoms with Crippen LogP contribution in [-0.2, 0) is 6.54 Å². The largest absolute Gasteiger partial charge is 0.378 e. The lowest BCUT2D eigenvalue weighted by atomic mass is 10.1. The molecule has 0 saturated heterocycles. The van der Waals surface area contributed by atoms with Crippen LogP contribution < -0.4 is 5.32 Å². The highest BCUT2D eigenvalue weighted by Crippen LogP contribution is 2.20. The molecule has 2 aromatic carbocycles. The van der Waals surface area contributed by atoms with E-state index in [4.69, 9.17) is 5.26 Å². The Morgan fingerprint density at radius 1 is 1.16 bits per heavy atom. The number of para-hydroxylation sites is 1. The van der Waals surface area contributed by atoms with Gasteiger partial charge in [-0.1, -0.05) is 18.2 Å². The Kier molecular flexibility index (Phi) is 3.82. The molecule has 3 heteroatoms. The normalized spacial score (nSPS) is 10.0. The number of rotatable bonds is 3. The number of nitrogens with zero attached hydrogens (tertiary/aromatic N) is 1. The third-order valence-corrected chi connectivity index (χ3v) is 3.15. The van der Waals surface area contributed by atoms with Gasteiger partial charge in [-0.3, -0.25) is 0 Å². The quantitative estimate of drug-likeness (QED) is 0.900. The molecule has 2 rings (SSSR count). The van der Waals surface area contributed by atoms with E-state index in [1.807, 2.05) is 32.0 Å². The summed E-state index contributed by atoms with van der Waals surface area (Å²) in [6.07, 6.45) is 0. The smallest absolute Gasteiger partial charge is 0.146 e. The van der Waals surface area contributed by atoms with Gasteiger partial charge in [0.2, 0.25) is 0 Å². The van der Waals surface area contributed by atoms with E-state index in [0.717, 1.165) is 16.7 Å². The number of halogens is 1. The van der Waals surface area contributed by atoms with Crippen molar-refractivity contribution < 1.29 is 4.39 Å². The number of benzene rings is 2. The summed E-state index contributed by atoms with van der Waals surface area (Å²) in [6, 6.07) is 12.6.